The van der Waals surface area contributed by atoms with Crippen LogP contribution in [0.3, 0.4) is 0 Å². The predicted molar refractivity (Wildman–Crippen MR) is 32.4 cm³/mol. The summed E-state index contributed by atoms with van der Waals surface area (Å²) in [5, 5.41) is 19.0. The smallest absolute Gasteiger partial charge is 0.545 e. The summed E-state index contributed by atoms with van der Waals surface area (Å²) < 4.78 is 0. The summed E-state index contributed by atoms with van der Waals surface area (Å²) in [5.74, 6) is -1.62. The minimum atomic E-state index is -1.36. The molecule has 0 fully saturated rings. The fraction of sp³-hybridized carbons (Fsp3) is 0. The quantitative estimate of drug-likeness (QED) is 0.721. The van der Waals surface area contributed by atoms with Crippen molar-refractivity contribution in [3.8, 4) is 5.75 Å². The molecule has 11 heavy (non-hydrogen) atoms. The van der Waals surface area contributed by atoms with Crippen LogP contribution >= 0.6 is 0 Å². The number of rotatable bonds is 1. The van der Waals surface area contributed by atoms with Gasteiger partial charge in [-0.2, -0.15) is 0 Å². The monoisotopic (exact) mass is 334 g/mol. The molecule has 0 saturated heterocycles. The second-order valence-corrected chi connectivity index (χ2v) is 1.80. The van der Waals surface area contributed by atoms with E-state index in [2.05, 4.69) is 0 Å². The van der Waals surface area contributed by atoms with Crippen LogP contribution in [0.15, 0.2) is 24.3 Å². The molecular weight excluding hydrogens is 329 g/mol. The third-order valence-corrected chi connectivity index (χ3v) is 1.12. The molecule has 1 aromatic carbocycles. The van der Waals surface area contributed by atoms with Gasteiger partial charge in [-0.1, -0.05) is 12.1 Å². The summed E-state index contributed by atoms with van der Waals surface area (Å²) in [6, 6.07) is 5.64. The third kappa shape index (κ3) is 2.38. The van der Waals surface area contributed by atoms with Crippen LogP contribution in [-0.4, -0.2) is 11.1 Å². The molecule has 0 atom stereocenters. The summed E-state index contributed by atoms with van der Waals surface area (Å²) in [4.78, 5) is 10.2. The van der Waals surface area contributed by atoms with Gasteiger partial charge in [0.1, 0.15) is 5.75 Å². The van der Waals surface area contributed by atoms with Crippen molar-refractivity contribution >= 4 is 5.97 Å². The van der Waals surface area contributed by atoms with Crippen LogP contribution < -0.4 is 5.11 Å². The van der Waals surface area contributed by atoms with Crippen molar-refractivity contribution in [1.29, 1.82) is 0 Å². The first-order valence-electron chi connectivity index (χ1n) is 2.71. The molecule has 0 aliphatic heterocycles. The van der Waals surface area contributed by atoms with Gasteiger partial charge in [0, 0.05) is 5.56 Å². The van der Waals surface area contributed by atoms with Crippen molar-refractivity contribution in [2.45, 2.75) is 0 Å². The van der Waals surface area contributed by atoms with Gasteiger partial charge in [0.05, 0.1) is 5.97 Å². The number of aromatic carboxylic acids is 1. The Balaban J connectivity index is 0.000001000. The number of carboxylic acids is 1. The molecule has 0 aromatic heterocycles. The Labute approximate surface area is 79.2 Å². The second kappa shape index (κ2) is 4.18. The van der Waals surface area contributed by atoms with Crippen LogP contribution in [0, 0.1) is 0 Å². The van der Waals surface area contributed by atoms with E-state index < -0.39 is 5.97 Å². The summed E-state index contributed by atoms with van der Waals surface area (Å²) >= 11 is 0. The Kier molecular flexibility index (Phi) is 3.89. The molecule has 0 aliphatic carbocycles. The van der Waals surface area contributed by atoms with Crippen molar-refractivity contribution in [2.24, 2.45) is 0 Å². The van der Waals surface area contributed by atoms with Crippen molar-refractivity contribution in [3.63, 3.8) is 0 Å². The van der Waals surface area contributed by atoms with Gasteiger partial charge >= 0.3 is 22.4 Å². The maximum Gasteiger partial charge on any atom is 1.00 e. The van der Waals surface area contributed by atoms with Crippen LogP contribution in [0.2, 0.25) is 0 Å². The number of aromatic hydroxyl groups is 1. The van der Waals surface area contributed by atoms with Gasteiger partial charge in [0.25, 0.3) is 0 Å². The largest absolute Gasteiger partial charge is 1.00 e. The van der Waals surface area contributed by atoms with Crippen LogP contribution in [0.4, 0.5) is 0 Å². The Morgan fingerprint density at radius 3 is 2.27 bits per heavy atom. The molecule has 0 saturated carbocycles. The second-order valence-electron chi connectivity index (χ2n) is 1.80. The van der Waals surface area contributed by atoms with E-state index in [0.717, 1.165) is 0 Å². The minimum Gasteiger partial charge on any atom is -0.545 e. The minimum absolute atomic E-state index is 0. The van der Waals surface area contributed by atoms with Crippen molar-refractivity contribution < 1.29 is 37.4 Å². The summed E-state index contributed by atoms with van der Waals surface area (Å²) in [6.45, 7) is 0. The topological polar surface area (TPSA) is 60.4 Å². The number of phenols is 1. The fourth-order valence-electron chi connectivity index (χ4n) is 0.646. The molecule has 1 N–H and O–H groups in total. The first kappa shape index (κ1) is 10.2. The van der Waals surface area contributed by atoms with Gasteiger partial charge in [-0.15, -0.1) is 0 Å². The van der Waals surface area contributed by atoms with Gasteiger partial charge in [0.2, 0.25) is 0 Å². The van der Waals surface area contributed by atoms with Crippen LogP contribution in [0.5, 0.6) is 5.75 Å². The first-order valence-corrected chi connectivity index (χ1v) is 2.71. The molecule has 4 heteroatoms. The molecule has 1 aromatic rings. The number of carbonyl (C=O) groups excluding carboxylic acids is 1. The van der Waals surface area contributed by atoms with E-state index in [1.54, 1.807) is 6.07 Å². The maximum absolute atomic E-state index is 10.2. The molecule has 62 valence electrons. The molecule has 0 unspecified atom stereocenters. The SMILES string of the molecule is O=C([O-])c1ccccc1O.[Au+]. The van der Waals surface area contributed by atoms with Crippen molar-refractivity contribution in [3.05, 3.63) is 29.8 Å². The number of carboxylic acid groups (broad SMARTS) is 1. The van der Waals surface area contributed by atoms with E-state index in [1.165, 1.54) is 18.2 Å². The van der Waals surface area contributed by atoms with Gasteiger partial charge in [-0.25, -0.2) is 0 Å². The number of carbonyl (C=O) groups is 1. The normalized spacial score (nSPS) is 8.36. The molecule has 3 nitrogen and oxygen atoms in total. The Morgan fingerprint density at radius 2 is 1.91 bits per heavy atom. The molecule has 0 amide bonds. The Bertz CT molecular complexity index is 260. The van der Waals surface area contributed by atoms with E-state index in [1.807, 2.05) is 0 Å². The molecule has 1 rings (SSSR count). The van der Waals surface area contributed by atoms with E-state index in [9.17, 15) is 9.90 Å². The van der Waals surface area contributed by atoms with Crippen LogP contribution in [-0.2, 0) is 22.4 Å². The fourth-order valence-corrected chi connectivity index (χ4v) is 0.646. The van der Waals surface area contributed by atoms with E-state index in [0.29, 0.717) is 0 Å². The zero-order valence-corrected chi connectivity index (χ0v) is 7.54. The zero-order chi connectivity index (χ0) is 7.56. The summed E-state index contributed by atoms with van der Waals surface area (Å²) in [7, 11) is 0. The number of benzene rings is 1. The van der Waals surface area contributed by atoms with Gasteiger partial charge in [0.15, 0.2) is 0 Å². The average molecular weight is 334 g/mol. The molecule has 0 bridgehead atoms. The van der Waals surface area contributed by atoms with Crippen molar-refractivity contribution in [1.82, 2.24) is 0 Å². The first-order chi connectivity index (χ1) is 4.72. The van der Waals surface area contributed by atoms with Gasteiger partial charge in [-0.05, 0) is 12.1 Å². The predicted octanol–water partition coefficient (Wildman–Crippen LogP) is -0.247. The van der Waals surface area contributed by atoms with Crippen molar-refractivity contribution in [2.75, 3.05) is 0 Å². The van der Waals surface area contributed by atoms with Crippen LogP contribution in [0.1, 0.15) is 10.4 Å². The van der Waals surface area contributed by atoms with Gasteiger partial charge in [-0.3, -0.25) is 0 Å². The van der Waals surface area contributed by atoms with E-state index in [4.69, 9.17) is 5.11 Å². The molecule has 0 aliphatic rings. The van der Waals surface area contributed by atoms with Gasteiger partial charge < -0.3 is 15.0 Å². The molecule has 0 spiro atoms. The Hall–Kier alpha value is -0.770. The Morgan fingerprint density at radius 1 is 1.36 bits per heavy atom. The number of hydrogen-bond donors (Lipinski definition) is 1. The maximum atomic E-state index is 10.2. The summed E-state index contributed by atoms with van der Waals surface area (Å²) in [5.41, 5.74) is -0.178. The van der Waals surface area contributed by atoms with Crippen LogP contribution in [0.25, 0.3) is 0 Å². The average Bonchev–Trinajstić information content (AvgIpc) is 1.88. The zero-order valence-electron chi connectivity index (χ0n) is 5.37. The van der Waals surface area contributed by atoms with E-state index >= 15 is 0 Å². The molecular formula is C7H5AuO3. The standard InChI is InChI=1S/C7H6O3.Au/c8-6-4-2-1-3-5(6)7(9)10;/h1-4,8H,(H,9,10);/q;+1/p-1. The van der Waals surface area contributed by atoms with E-state index in [-0.39, 0.29) is 33.7 Å². The third-order valence-electron chi connectivity index (χ3n) is 1.12. The molecule has 0 heterocycles. The number of para-hydroxylation sites is 1. The number of hydrogen-bond acceptors (Lipinski definition) is 3. The molecule has 0 radical (unpaired) electrons. The summed E-state index contributed by atoms with van der Waals surface area (Å²) in [6.07, 6.45) is 0.